The van der Waals surface area contributed by atoms with Crippen molar-refractivity contribution in [1.82, 2.24) is 10.3 Å². The lowest BCUT2D eigenvalue weighted by atomic mass is 10.1. The normalized spacial score (nSPS) is 10.7. The van der Waals surface area contributed by atoms with Gasteiger partial charge in [0, 0.05) is 6.54 Å². The van der Waals surface area contributed by atoms with Crippen LogP contribution in [0.3, 0.4) is 0 Å². The Balaban J connectivity index is 1.66. The van der Waals surface area contributed by atoms with E-state index in [1.165, 1.54) is 5.56 Å². The summed E-state index contributed by atoms with van der Waals surface area (Å²) in [6.07, 6.45) is 0.890. The molecule has 0 saturated heterocycles. The zero-order chi connectivity index (χ0) is 14.7. The lowest BCUT2D eigenvalue weighted by Gasteiger charge is -2.07. The van der Waals surface area contributed by atoms with Gasteiger partial charge >= 0.3 is 0 Å². The highest BCUT2D eigenvalue weighted by Gasteiger charge is 2.09. The molecule has 0 unspecified atom stereocenters. The molecule has 0 fully saturated rings. The molecule has 3 N–H and O–H groups in total. The Morgan fingerprint density at radius 3 is 2.62 bits per heavy atom. The maximum Gasteiger partial charge on any atom is 0.160 e. The van der Waals surface area contributed by atoms with Crippen molar-refractivity contribution in [2.75, 3.05) is 24.7 Å². The van der Waals surface area contributed by atoms with Crippen molar-refractivity contribution in [3.63, 3.8) is 0 Å². The summed E-state index contributed by atoms with van der Waals surface area (Å²) in [5.74, 6) is 0.862. The molecule has 0 bridgehead atoms. The first-order chi connectivity index (χ1) is 10.3. The van der Waals surface area contributed by atoms with Gasteiger partial charge in [0.05, 0.1) is 18.5 Å². The predicted octanol–water partition coefficient (Wildman–Crippen LogP) is 2.47. The summed E-state index contributed by atoms with van der Waals surface area (Å²) in [5, 5.41) is 11.0. The fourth-order valence-corrected chi connectivity index (χ4v) is 2.16. The lowest BCUT2D eigenvalue weighted by Crippen LogP contribution is -2.05. The van der Waals surface area contributed by atoms with Gasteiger partial charge in [-0.2, -0.15) is 0 Å². The van der Waals surface area contributed by atoms with E-state index in [0.29, 0.717) is 16.7 Å². The number of methoxy groups -OCH3 is 1. The summed E-state index contributed by atoms with van der Waals surface area (Å²) in [5.41, 5.74) is 9.72. The number of nitrogens with two attached hydrogens (primary N) is 1. The number of aromatic nitrogens is 2. The van der Waals surface area contributed by atoms with Crippen LogP contribution in [0.1, 0.15) is 5.56 Å². The van der Waals surface area contributed by atoms with Crippen molar-refractivity contribution in [3.8, 4) is 5.75 Å². The topological polar surface area (TPSA) is 86.2 Å². The largest absolute Gasteiger partial charge is 0.497 e. The van der Waals surface area contributed by atoms with Crippen molar-refractivity contribution in [2.24, 2.45) is 0 Å². The molecule has 0 atom stereocenters. The van der Waals surface area contributed by atoms with Crippen LogP contribution in [0, 0.1) is 0 Å². The van der Waals surface area contributed by atoms with Crippen LogP contribution in [0.4, 0.5) is 11.4 Å². The van der Waals surface area contributed by atoms with Gasteiger partial charge in [0.1, 0.15) is 5.75 Å². The van der Waals surface area contributed by atoms with Crippen LogP contribution in [0.15, 0.2) is 41.0 Å². The number of rotatable bonds is 5. The van der Waals surface area contributed by atoms with Crippen molar-refractivity contribution in [3.05, 3.63) is 42.0 Å². The number of nitrogen functional groups attached to an aromatic ring is 1. The van der Waals surface area contributed by atoms with E-state index in [-0.39, 0.29) is 0 Å². The number of fused-ring (bicyclic) bond motifs is 1. The van der Waals surface area contributed by atoms with Crippen molar-refractivity contribution in [1.29, 1.82) is 0 Å². The van der Waals surface area contributed by atoms with Gasteiger partial charge in [0.15, 0.2) is 11.0 Å². The van der Waals surface area contributed by atoms with Crippen LogP contribution in [0.2, 0.25) is 0 Å². The lowest BCUT2D eigenvalue weighted by molar-refractivity contribution is 0.316. The van der Waals surface area contributed by atoms with Gasteiger partial charge in [-0.3, -0.25) is 0 Å². The molecule has 0 aliphatic heterocycles. The second-order valence-electron chi connectivity index (χ2n) is 4.69. The summed E-state index contributed by atoms with van der Waals surface area (Å²) in [4.78, 5) is 0. The highest BCUT2D eigenvalue weighted by molar-refractivity contribution is 5.94. The first-order valence-electron chi connectivity index (χ1n) is 6.65. The number of benzene rings is 2. The molecule has 6 heteroatoms. The minimum Gasteiger partial charge on any atom is -0.497 e. The van der Waals surface area contributed by atoms with Crippen LogP contribution in [-0.2, 0) is 6.42 Å². The molecule has 0 saturated carbocycles. The average Bonchev–Trinajstić information content (AvgIpc) is 3.01. The van der Waals surface area contributed by atoms with E-state index >= 15 is 0 Å². The summed E-state index contributed by atoms with van der Waals surface area (Å²) in [7, 11) is 1.66. The summed E-state index contributed by atoms with van der Waals surface area (Å²) >= 11 is 0. The number of ether oxygens (including phenoxy) is 1. The van der Waals surface area contributed by atoms with Gasteiger partial charge in [-0.05, 0) is 46.6 Å². The van der Waals surface area contributed by atoms with E-state index in [0.717, 1.165) is 24.4 Å². The molecular weight excluding hydrogens is 268 g/mol. The molecule has 0 aliphatic rings. The Hall–Kier alpha value is -2.76. The second-order valence-corrected chi connectivity index (χ2v) is 4.69. The smallest absolute Gasteiger partial charge is 0.160 e. The van der Waals surface area contributed by atoms with Crippen LogP contribution >= 0.6 is 0 Å². The molecule has 6 nitrogen and oxygen atoms in total. The summed E-state index contributed by atoms with van der Waals surface area (Å²) in [6.45, 7) is 0.776. The van der Waals surface area contributed by atoms with Crippen molar-refractivity contribution < 1.29 is 9.37 Å². The van der Waals surface area contributed by atoms with Crippen LogP contribution in [0.5, 0.6) is 5.75 Å². The summed E-state index contributed by atoms with van der Waals surface area (Å²) in [6, 6.07) is 11.7. The molecule has 1 heterocycles. The third-order valence-corrected chi connectivity index (χ3v) is 3.33. The van der Waals surface area contributed by atoms with E-state index in [4.69, 9.17) is 15.1 Å². The number of anilines is 2. The van der Waals surface area contributed by atoms with Crippen molar-refractivity contribution >= 4 is 22.4 Å². The maximum atomic E-state index is 5.81. The average molecular weight is 284 g/mol. The minimum absolute atomic E-state index is 0.562. The molecule has 2 aromatic carbocycles. The van der Waals surface area contributed by atoms with Crippen molar-refractivity contribution in [2.45, 2.75) is 6.42 Å². The number of hydrogen-bond donors (Lipinski definition) is 2. The van der Waals surface area contributed by atoms with E-state index in [2.05, 4.69) is 27.8 Å². The van der Waals surface area contributed by atoms with Crippen LogP contribution < -0.4 is 15.8 Å². The summed E-state index contributed by atoms with van der Waals surface area (Å²) < 4.78 is 9.88. The third kappa shape index (κ3) is 2.74. The number of nitrogens with one attached hydrogen (secondary N) is 1. The molecule has 3 aromatic rings. The zero-order valence-corrected chi connectivity index (χ0v) is 11.7. The minimum atomic E-state index is 0.562. The SMILES string of the molecule is COc1ccc(CCNc2ccc(N)c3nonc23)cc1. The van der Waals surface area contributed by atoms with E-state index in [1.807, 2.05) is 18.2 Å². The van der Waals surface area contributed by atoms with Gasteiger partial charge < -0.3 is 15.8 Å². The van der Waals surface area contributed by atoms with Gasteiger partial charge in [-0.15, -0.1) is 0 Å². The predicted molar refractivity (Wildman–Crippen MR) is 81.4 cm³/mol. The van der Waals surface area contributed by atoms with Gasteiger partial charge in [0.25, 0.3) is 0 Å². The Kier molecular flexibility index (Phi) is 3.59. The Morgan fingerprint density at radius 2 is 1.86 bits per heavy atom. The fourth-order valence-electron chi connectivity index (χ4n) is 2.16. The highest BCUT2D eigenvalue weighted by Crippen LogP contribution is 2.25. The molecular formula is C15H16N4O2. The fraction of sp³-hybridized carbons (Fsp3) is 0.200. The quantitative estimate of drug-likeness (QED) is 0.700. The molecule has 3 rings (SSSR count). The monoisotopic (exact) mass is 284 g/mol. The standard InChI is InChI=1S/C15H16N4O2/c1-20-11-4-2-10(3-5-11)8-9-17-13-7-6-12(16)14-15(13)19-21-18-14/h2-7,17H,8-9,16H2,1H3. The van der Waals surface area contributed by atoms with E-state index in [1.54, 1.807) is 13.2 Å². The number of nitrogens with zero attached hydrogens (tertiary/aromatic N) is 2. The first-order valence-corrected chi connectivity index (χ1v) is 6.65. The molecule has 0 spiro atoms. The van der Waals surface area contributed by atoms with Gasteiger partial charge in [-0.1, -0.05) is 12.1 Å². The molecule has 21 heavy (non-hydrogen) atoms. The van der Waals surface area contributed by atoms with E-state index in [9.17, 15) is 0 Å². The Morgan fingerprint density at radius 1 is 1.10 bits per heavy atom. The van der Waals surface area contributed by atoms with Crippen LogP contribution in [0.25, 0.3) is 11.0 Å². The Labute approximate surface area is 121 Å². The zero-order valence-electron chi connectivity index (χ0n) is 11.7. The first kappa shape index (κ1) is 13.2. The number of hydrogen-bond acceptors (Lipinski definition) is 6. The molecule has 0 amide bonds. The van der Waals surface area contributed by atoms with Crippen LogP contribution in [-0.4, -0.2) is 24.0 Å². The highest BCUT2D eigenvalue weighted by atomic mass is 16.6. The second kappa shape index (κ2) is 5.70. The maximum absolute atomic E-state index is 5.81. The van der Waals surface area contributed by atoms with Gasteiger partial charge in [-0.25, -0.2) is 4.63 Å². The molecule has 0 radical (unpaired) electrons. The molecule has 108 valence electrons. The van der Waals surface area contributed by atoms with Gasteiger partial charge in [0.2, 0.25) is 0 Å². The molecule has 0 aliphatic carbocycles. The molecule has 1 aromatic heterocycles. The van der Waals surface area contributed by atoms with E-state index < -0.39 is 0 Å². The third-order valence-electron chi connectivity index (χ3n) is 3.33. The Bertz CT molecular complexity index is 737.